The van der Waals surface area contributed by atoms with Crippen molar-refractivity contribution in [1.29, 1.82) is 0 Å². The van der Waals surface area contributed by atoms with Crippen molar-refractivity contribution < 1.29 is 17.9 Å². The number of fused-ring (bicyclic) bond motifs is 1. The number of aromatic nitrogens is 4. The van der Waals surface area contributed by atoms with Crippen LogP contribution in [0.5, 0.6) is 5.88 Å². The molecule has 0 fully saturated rings. The molecular formula is C6H3F3N4O. The maximum Gasteiger partial charge on any atom is 0.574 e. The minimum Gasteiger partial charge on any atom is -0.386 e. The SMILES string of the molecule is FC(F)(F)Oc1cn2cnnc2cn1. The average Bonchev–Trinajstić information content (AvgIpc) is 2.47. The molecule has 0 atom stereocenters. The summed E-state index contributed by atoms with van der Waals surface area (Å²) in [4.78, 5) is 3.40. The molecule has 0 unspecified atom stereocenters. The van der Waals surface area contributed by atoms with E-state index in [4.69, 9.17) is 0 Å². The zero-order chi connectivity index (χ0) is 10.2. The maximum absolute atomic E-state index is 11.8. The van der Waals surface area contributed by atoms with Crippen LogP contribution in [-0.2, 0) is 0 Å². The first-order valence-corrected chi connectivity index (χ1v) is 3.46. The lowest BCUT2D eigenvalue weighted by molar-refractivity contribution is -0.276. The fourth-order valence-corrected chi connectivity index (χ4v) is 0.888. The van der Waals surface area contributed by atoms with Crippen LogP contribution in [0.4, 0.5) is 13.2 Å². The van der Waals surface area contributed by atoms with Crippen LogP contribution in [0.25, 0.3) is 5.65 Å². The molecule has 0 radical (unpaired) electrons. The molecule has 2 aromatic rings. The predicted molar refractivity (Wildman–Crippen MR) is 37.5 cm³/mol. The van der Waals surface area contributed by atoms with Crippen molar-refractivity contribution in [3.8, 4) is 5.88 Å². The summed E-state index contributed by atoms with van der Waals surface area (Å²) in [7, 11) is 0. The van der Waals surface area contributed by atoms with E-state index < -0.39 is 12.2 Å². The number of alkyl halides is 3. The van der Waals surface area contributed by atoms with Gasteiger partial charge < -0.3 is 4.74 Å². The summed E-state index contributed by atoms with van der Waals surface area (Å²) in [6.07, 6.45) is -1.31. The molecule has 0 aliphatic heterocycles. The van der Waals surface area contributed by atoms with Crippen molar-refractivity contribution in [2.75, 3.05) is 0 Å². The summed E-state index contributed by atoms with van der Waals surface area (Å²) in [5.74, 6) is -0.551. The van der Waals surface area contributed by atoms with Crippen molar-refractivity contribution in [2.45, 2.75) is 6.36 Å². The van der Waals surface area contributed by atoms with Crippen molar-refractivity contribution in [3.63, 3.8) is 0 Å². The molecule has 0 aromatic carbocycles. The van der Waals surface area contributed by atoms with E-state index in [1.54, 1.807) is 0 Å². The molecule has 0 aliphatic carbocycles. The molecule has 0 aliphatic rings. The number of rotatable bonds is 1. The molecular weight excluding hydrogens is 201 g/mol. The second kappa shape index (κ2) is 2.82. The van der Waals surface area contributed by atoms with Gasteiger partial charge in [0, 0.05) is 0 Å². The Hall–Kier alpha value is -1.86. The summed E-state index contributed by atoms with van der Waals surface area (Å²) >= 11 is 0. The molecule has 5 nitrogen and oxygen atoms in total. The molecule has 8 heteroatoms. The van der Waals surface area contributed by atoms with Crippen molar-refractivity contribution in [3.05, 3.63) is 18.7 Å². The van der Waals surface area contributed by atoms with E-state index in [1.165, 1.54) is 10.7 Å². The molecule has 0 amide bonds. The Morgan fingerprint density at radius 2 is 2.14 bits per heavy atom. The Morgan fingerprint density at radius 1 is 1.36 bits per heavy atom. The van der Waals surface area contributed by atoms with Crippen LogP contribution in [0, 0.1) is 0 Å². The Labute approximate surface area is 75.2 Å². The van der Waals surface area contributed by atoms with E-state index in [-0.39, 0.29) is 0 Å². The number of ether oxygens (including phenoxy) is 1. The fourth-order valence-electron chi connectivity index (χ4n) is 0.888. The van der Waals surface area contributed by atoms with Gasteiger partial charge in [-0.1, -0.05) is 0 Å². The van der Waals surface area contributed by atoms with Gasteiger partial charge in [-0.15, -0.1) is 23.4 Å². The lowest BCUT2D eigenvalue weighted by Gasteiger charge is -2.06. The van der Waals surface area contributed by atoms with Crippen molar-refractivity contribution >= 4 is 5.65 Å². The summed E-state index contributed by atoms with van der Waals surface area (Å²) in [5.41, 5.74) is 0.347. The van der Waals surface area contributed by atoms with Crippen LogP contribution in [0.15, 0.2) is 18.7 Å². The monoisotopic (exact) mass is 204 g/mol. The topological polar surface area (TPSA) is 52.3 Å². The van der Waals surface area contributed by atoms with Crippen LogP contribution in [0.3, 0.4) is 0 Å². The lowest BCUT2D eigenvalue weighted by atomic mass is 10.7. The minimum atomic E-state index is -4.74. The Kier molecular flexibility index (Phi) is 1.76. The second-order valence-corrected chi connectivity index (χ2v) is 2.37. The molecule has 2 aromatic heterocycles. The standard InChI is InChI=1S/C6H3F3N4O/c7-6(8,9)14-5-2-13-3-11-12-4(13)1-10-5/h1-3H. The number of hydrogen-bond acceptors (Lipinski definition) is 4. The molecule has 2 heterocycles. The normalized spacial score (nSPS) is 11.9. The molecule has 74 valence electrons. The summed E-state index contributed by atoms with van der Waals surface area (Å²) in [6, 6.07) is 0. The summed E-state index contributed by atoms with van der Waals surface area (Å²) in [6.45, 7) is 0. The van der Waals surface area contributed by atoms with E-state index in [0.29, 0.717) is 5.65 Å². The fraction of sp³-hybridized carbons (Fsp3) is 0.167. The van der Waals surface area contributed by atoms with Crippen LogP contribution < -0.4 is 4.74 Å². The van der Waals surface area contributed by atoms with Crippen LogP contribution in [0.1, 0.15) is 0 Å². The Balaban J connectivity index is 2.35. The highest BCUT2D eigenvalue weighted by atomic mass is 19.4. The maximum atomic E-state index is 11.8. The second-order valence-electron chi connectivity index (χ2n) is 2.37. The first kappa shape index (κ1) is 8.73. The van der Waals surface area contributed by atoms with Gasteiger partial charge in [0.15, 0.2) is 5.65 Å². The van der Waals surface area contributed by atoms with Gasteiger partial charge in [0.05, 0.1) is 12.4 Å². The summed E-state index contributed by atoms with van der Waals surface area (Å²) < 4.78 is 40.2. The van der Waals surface area contributed by atoms with E-state index in [2.05, 4.69) is 19.9 Å². The van der Waals surface area contributed by atoms with Gasteiger partial charge in [-0.05, 0) is 0 Å². The van der Waals surface area contributed by atoms with Crippen LogP contribution >= 0.6 is 0 Å². The minimum absolute atomic E-state index is 0.347. The number of hydrogen-bond donors (Lipinski definition) is 0. The van der Waals surface area contributed by atoms with Gasteiger partial charge in [0.25, 0.3) is 0 Å². The molecule has 0 saturated carbocycles. The number of nitrogens with zero attached hydrogens (tertiary/aromatic N) is 4. The zero-order valence-electron chi connectivity index (χ0n) is 6.56. The molecule has 14 heavy (non-hydrogen) atoms. The third-order valence-corrected chi connectivity index (χ3v) is 1.38. The average molecular weight is 204 g/mol. The highest BCUT2D eigenvalue weighted by Gasteiger charge is 2.31. The summed E-state index contributed by atoms with van der Waals surface area (Å²) in [5, 5.41) is 7.04. The van der Waals surface area contributed by atoms with Crippen molar-refractivity contribution in [2.24, 2.45) is 0 Å². The van der Waals surface area contributed by atoms with E-state index in [9.17, 15) is 13.2 Å². The molecule has 0 N–H and O–H groups in total. The zero-order valence-corrected chi connectivity index (χ0v) is 6.56. The van der Waals surface area contributed by atoms with Crippen LogP contribution in [-0.4, -0.2) is 25.9 Å². The smallest absolute Gasteiger partial charge is 0.386 e. The molecule has 0 bridgehead atoms. The van der Waals surface area contributed by atoms with Gasteiger partial charge in [-0.2, -0.15) is 0 Å². The first-order valence-electron chi connectivity index (χ1n) is 3.46. The van der Waals surface area contributed by atoms with Gasteiger partial charge in [0.2, 0.25) is 5.88 Å². The van der Waals surface area contributed by atoms with E-state index in [0.717, 1.165) is 12.4 Å². The highest BCUT2D eigenvalue weighted by Crippen LogP contribution is 2.20. The van der Waals surface area contributed by atoms with Gasteiger partial charge in [-0.3, -0.25) is 4.40 Å². The van der Waals surface area contributed by atoms with Crippen molar-refractivity contribution in [1.82, 2.24) is 19.6 Å². The van der Waals surface area contributed by atoms with Gasteiger partial charge in [0.1, 0.15) is 6.33 Å². The third kappa shape index (κ3) is 1.73. The van der Waals surface area contributed by atoms with E-state index >= 15 is 0 Å². The molecule has 0 spiro atoms. The Morgan fingerprint density at radius 3 is 2.86 bits per heavy atom. The molecule has 2 rings (SSSR count). The van der Waals surface area contributed by atoms with E-state index in [1.807, 2.05) is 0 Å². The predicted octanol–water partition coefficient (Wildman–Crippen LogP) is 1.02. The Bertz CT molecular complexity index is 452. The quantitative estimate of drug-likeness (QED) is 0.695. The highest BCUT2D eigenvalue weighted by molar-refractivity contribution is 5.33. The lowest BCUT2D eigenvalue weighted by Crippen LogP contribution is -2.18. The number of halogens is 3. The first-order chi connectivity index (χ1) is 6.54. The molecule has 0 saturated heterocycles. The van der Waals surface area contributed by atoms with Crippen LogP contribution in [0.2, 0.25) is 0 Å². The largest absolute Gasteiger partial charge is 0.574 e. The van der Waals surface area contributed by atoms with Gasteiger partial charge in [-0.25, -0.2) is 4.98 Å². The third-order valence-electron chi connectivity index (χ3n) is 1.38. The van der Waals surface area contributed by atoms with Gasteiger partial charge >= 0.3 is 6.36 Å².